The average molecular weight is 287 g/mol. The maximum atomic E-state index is 11.9. The molecule has 0 bridgehead atoms. The van der Waals surface area contributed by atoms with Gasteiger partial charge in [-0.05, 0) is 50.0 Å². The van der Waals surface area contributed by atoms with E-state index in [-0.39, 0.29) is 5.91 Å². The van der Waals surface area contributed by atoms with Gasteiger partial charge in [0.1, 0.15) is 0 Å². The molecule has 0 aromatic heterocycles. The second-order valence-electron chi connectivity index (χ2n) is 4.59. The molecule has 1 unspecified atom stereocenters. The minimum absolute atomic E-state index is 0.00660. The first-order valence-corrected chi connectivity index (χ1v) is 6.86. The average Bonchev–Trinajstić information content (AvgIpc) is 2.35. The quantitative estimate of drug-likeness (QED) is 0.895. The lowest BCUT2D eigenvalue weighted by Gasteiger charge is -2.22. The van der Waals surface area contributed by atoms with Crippen LogP contribution in [0.5, 0.6) is 0 Å². The molecule has 1 saturated heterocycles. The maximum absolute atomic E-state index is 11.9. The third kappa shape index (κ3) is 3.87. The molecule has 2 rings (SSSR count). The highest BCUT2D eigenvalue weighted by molar-refractivity contribution is 6.35. The van der Waals surface area contributed by atoms with Crippen LogP contribution < -0.4 is 10.6 Å². The van der Waals surface area contributed by atoms with Crippen molar-refractivity contribution >= 4 is 34.8 Å². The Hall–Kier alpha value is -0.770. The molecule has 5 heteroatoms. The number of hydrogen-bond acceptors (Lipinski definition) is 2. The van der Waals surface area contributed by atoms with Crippen molar-refractivity contribution in [2.24, 2.45) is 5.92 Å². The van der Waals surface area contributed by atoms with E-state index in [1.807, 2.05) is 0 Å². The van der Waals surface area contributed by atoms with Crippen LogP contribution in [-0.2, 0) is 4.79 Å². The van der Waals surface area contributed by atoms with Crippen LogP contribution in [0.15, 0.2) is 18.2 Å². The van der Waals surface area contributed by atoms with Crippen molar-refractivity contribution in [2.45, 2.75) is 19.3 Å². The molecule has 98 valence electrons. The van der Waals surface area contributed by atoms with Crippen LogP contribution >= 0.6 is 23.2 Å². The molecule has 2 N–H and O–H groups in total. The van der Waals surface area contributed by atoms with Crippen molar-refractivity contribution in [3.8, 4) is 0 Å². The van der Waals surface area contributed by atoms with E-state index in [0.717, 1.165) is 25.9 Å². The molecule has 0 spiro atoms. The van der Waals surface area contributed by atoms with Gasteiger partial charge in [-0.25, -0.2) is 0 Å². The van der Waals surface area contributed by atoms with Gasteiger partial charge < -0.3 is 10.6 Å². The molecule has 1 atom stereocenters. The number of rotatable bonds is 3. The number of amides is 1. The summed E-state index contributed by atoms with van der Waals surface area (Å²) in [5.74, 6) is 0.407. The lowest BCUT2D eigenvalue weighted by atomic mass is 9.96. The number of piperidine rings is 1. The smallest absolute Gasteiger partial charge is 0.224 e. The molecule has 1 heterocycles. The zero-order valence-corrected chi connectivity index (χ0v) is 11.5. The van der Waals surface area contributed by atoms with Crippen molar-refractivity contribution in [2.75, 3.05) is 18.4 Å². The fraction of sp³-hybridized carbons (Fsp3) is 0.462. The van der Waals surface area contributed by atoms with Crippen LogP contribution in [0.3, 0.4) is 0 Å². The molecule has 1 amide bonds. The molecule has 18 heavy (non-hydrogen) atoms. The highest BCUT2D eigenvalue weighted by atomic mass is 35.5. The number of halogens is 2. The van der Waals surface area contributed by atoms with Gasteiger partial charge in [-0.3, -0.25) is 4.79 Å². The number of hydrogen-bond donors (Lipinski definition) is 2. The largest absolute Gasteiger partial charge is 0.325 e. The molecular weight excluding hydrogens is 271 g/mol. The van der Waals surface area contributed by atoms with Crippen LogP contribution in [0.2, 0.25) is 10.0 Å². The zero-order chi connectivity index (χ0) is 13.0. The Morgan fingerprint density at radius 1 is 1.44 bits per heavy atom. The Balaban J connectivity index is 1.92. The summed E-state index contributed by atoms with van der Waals surface area (Å²) in [6.45, 7) is 1.97. The van der Waals surface area contributed by atoms with E-state index in [9.17, 15) is 4.79 Å². The summed E-state index contributed by atoms with van der Waals surface area (Å²) in [6, 6.07) is 5.05. The summed E-state index contributed by atoms with van der Waals surface area (Å²) < 4.78 is 0. The van der Waals surface area contributed by atoms with E-state index in [2.05, 4.69) is 10.6 Å². The van der Waals surface area contributed by atoms with Crippen molar-refractivity contribution < 1.29 is 4.79 Å². The summed E-state index contributed by atoms with van der Waals surface area (Å²) >= 11 is 11.9. The summed E-state index contributed by atoms with van der Waals surface area (Å²) in [6.07, 6.45) is 2.76. The molecular formula is C13H16Cl2N2O. The van der Waals surface area contributed by atoms with E-state index in [1.165, 1.54) is 0 Å². The molecule has 0 aliphatic carbocycles. The normalized spacial score (nSPS) is 19.6. The monoisotopic (exact) mass is 286 g/mol. The third-order valence-electron chi connectivity index (χ3n) is 3.08. The summed E-state index contributed by atoms with van der Waals surface area (Å²) in [4.78, 5) is 11.9. The Morgan fingerprint density at radius 2 is 2.28 bits per heavy atom. The summed E-state index contributed by atoms with van der Waals surface area (Å²) in [7, 11) is 0. The highest BCUT2D eigenvalue weighted by Gasteiger charge is 2.17. The number of nitrogens with one attached hydrogen (secondary N) is 2. The predicted molar refractivity (Wildman–Crippen MR) is 75.3 cm³/mol. The lowest BCUT2D eigenvalue weighted by Crippen LogP contribution is -2.32. The van der Waals surface area contributed by atoms with Crippen LogP contribution in [-0.4, -0.2) is 19.0 Å². The Bertz CT molecular complexity index is 431. The molecule has 1 aliphatic heterocycles. The van der Waals surface area contributed by atoms with Gasteiger partial charge in [0.05, 0.1) is 10.7 Å². The Morgan fingerprint density at radius 3 is 3.00 bits per heavy atom. The third-order valence-corrected chi connectivity index (χ3v) is 3.64. The molecule has 1 aromatic carbocycles. The highest BCUT2D eigenvalue weighted by Crippen LogP contribution is 2.26. The summed E-state index contributed by atoms with van der Waals surface area (Å²) in [5.41, 5.74) is 0.581. The standard InChI is InChI=1S/C13H16Cl2N2O/c14-10-3-4-11(15)12(7-10)17-13(18)6-9-2-1-5-16-8-9/h3-4,7,9,16H,1-2,5-6,8H2,(H,17,18). The first kappa shape index (κ1) is 13.7. The van der Waals surface area contributed by atoms with Gasteiger partial charge in [-0.1, -0.05) is 23.2 Å². The first-order chi connectivity index (χ1) is 8.65. The minimum Gasteiger partial charge on any atom is -0.325 e. The van der Waals surface area contributed by atoms with Crippen molar-refractivity contribution in [3.05, 3.63) is 28.2 Å². The van der Waals surface area contributed by atoms with Crippen LogP contribution in [0.1, 0.15) is 19.3 Å². The maximum Gasteiger partial charge on any atom is 0.224 e. The number of carbonyl (C=O) groups is 1. The number of anilines is 1. The molecule has 1 aromatic rings. The van der Waals surface area contributed by atoms with E-state index < -0.39 is 0 Å². The lowest BCUT2D eigenvalue weighted by molar-refractivity contribution is -0.117. The van der Waals surface area contributed by atoms with Crippen LogP contribution in [0.25, 0.3) is 0 Å². The minimum atomic E-state index is -0.00660. The van der Waals surface area contributed by atoms with E-state index >= 15 is 0 Å². The van der Waals surface area contributed by atoms with Crippen LogP contribution in [0, 0.1) is 5.92 Å². The molecule has 0 saturated carbocycles. The van der Waals surface area contributed by atoms with E-state index in [0.29, 0.717) is 28.1 Å². The topological polar surface area (TPSA) is 41.1 Å². The predicted octanol–water partition coefficient (Wildman–Crippen LogP) is 3.32. The van der Waals surface area contributed by atoms with Gasteiger partial charge in [0.15, 0.2) is 0 Å². The van der Waals surface area contributed by atoms with Gasteiger partial charge in [-0.2, -0.15) is 0 Å². The number of benzene rings is 1. The van der Waals surface area contributed by atoms with Gasteiger partial charge in [-0.15, -0.1) is 0 Å². The Kier molecular flexibility index (Phi) is 4.87. The fourth-order valence-corrected chi connectivity index (χ4v) is 2.49. The number of carbonyl (C=O) groups excluding carboxylic acids is 1. The molecule has 1 fully saturated rings. The SMILES string of the molecule is O=C(CC1CCCNC1)Nc1cc(Cl)ccc1Cl. The van der Waals surface area contributed by atoms with Crippen LogP contribution in [0.4, 0.5) is 5.69 Å². The first-order valence-electron chi connectivity index (χ1n) is 6.11. The van der Waals surface area contributed by atoms with Crippen molar-refractivity contribution in [1.82, 2.24) is 5.32 Å². The molecule has 0 radical (unpaired) electrons. The second-order valence-corrected chi connectivity index (χ2v) is 5.43. The summed E-state index contributed by atoms with van der Waals surface area (Å²) in [5, 5.41) is 7.19. The Labute approximate surface area is 117 Å². The van der Waals surface area contributed by atoms with Gasteiger partial charge >= 0.3 is 0 Å². The fourth-order valence-electron chi connectivity index (χ4n) is 2.15. The van der Waals surface area contributed by atoms with Crippen molar-refractivity contribution in [1.29, 1.82) is 0 Å². The van der Waals surface area contributed by atoms with Gasteiger partial charge in [0.25, 0.3) is 0 Å². The van der Waals surface area contributed by atoms with Gasteiger partial charge in [0.2, 0.25) is 5.91 Å². The zero-order valence-electron chi connectivity index (χ0n) is 10.0. The van der Waals surface area contributed by atoms with E-state index in [4.69, 9.17) is 23.2 Å². The molecule has 1 aliphatic rings. The molecule has 3 nitrogen and oxygen atoms in total. The van der Waals surface area contributed by atoms with E-state index in [1.54, 1.807) is 18.2 Å². The van der Waals surface area contributed by atoms with Gasteiger partial charge in [0, 0.05) is 11.4 Å². The second kappa shape index (κ2) is 6.41. The van der Waals surface area contributed by atoms with Crippen molar-refractivity contribution in [3.63, 3.8) is 0 Å².